The Bertz CT molecular complexity index is 1130. The molecular weight excluding hydrogens is 485 g/mol. The molecule has 3 N–H and O–H groups in total. The molecular formula is C23H23F3N4O4S. The van der Waals surface area contributed by atoms with Crippen LogP contribution in [0.5, 0.6) is 0 Å². The number of nitrogens with one attached hydrogen (secondary N) is 2. The predicted molar refractivity (Wildman–Crippen MR) is 125 cm³/mol. The van der Waals surface area contributed by atoms with Gasteiger partial charge in [-0.15, -0.1) is 11.3 Å². The number of fused-ring (bicyclic) bond motifs is 1. The van der Waals surface area contributed by atoms with Gasteiger partial charge in [0.2, 0.25) is 11.8 Å². The van der Waals surface area contributed by atoms with Crippen molar-refractivity contribution in [3.63, 3.8) is 0 Å². The Morgan fingerprint density at radius 3 is 2.69 bits per heavy atom. The maximum absolute atomic E-state index is 12.5. The second kappa shape index (κ2) is 11.8. The fraction of sp³-hybridized carbons (Fsp3) is 0.304. The second-order valence-electron chi connectivity index (χ2n) is 7.72. The van der Waals surface area contributed by atoms with E-state index >= 15 is 0 Å². The van der Waals surface area contributed by atoms with Crippen molar-refractivity contribution in [3.05, 3.63) is 63.5 Å². The highest BCUT2D eigenvalue weighted by Gasteiger charge is 2.38. The summed E-state index contributed by atoms with van der Waals surface area (Å²) in [7, 11) is 0. The summed E-state index contributed by atoms with van der Waals surface area (Å²) in [5, 5.41) is 15.1. The van der Waals surface area contributed by atoms with Crippen molar-refractivity contribution in [2.24, 2.45) is 0 Å². The maximum Gasteiger partial charge on any atom is 0.490 e. The summed E-state index contributed by atoms with van der Waals surface area (Å²) < 4.78 is 31.7. The van der Waals surface area contributed by atoms with Crippen molar-refractivity contribution >= 4 is 41.0 Å². The van der Waals surface area contributed by atoms with E-state index in [0.29, 0.717) is 18.9 Å². The zero-order valence-electron chi connectivity index (χ0n) is 18.5. The molecule has 0 saturated heterocycles. The molecule has 0 aromatic carbocycles. The number of carbonyl (C=O) groups is 3. The highest BCUT2D eigenvalue weighted by molar-refractivity contribution is 7.09. The van der Waals surface area contributed by atoms with E-state index in [1.165, 1.54) is 10.5 Å². The summed E-state index contributed by atoms with van der Waals surface area (Å²) in [5.74, 6) is -2.26. The van der Waals surface area contributed by atoms with E-state index in [-0.39, 0.29) is 18.4 Å². The fourth-order valence-corrected chi connectivity index (χ4v) is 4.09. The van der Waals surface area contributed by atoms with Gasteiger partial charge in [0.1, 0.15) is 5.82 Å². The molecule has 2 aromatic heterocycles. The summed E-state index contributed by atoms with van der Waals surface area (Å²) in [6, 6.07) is 6.17. The molecule has 0 unspecified atom stereocenters. The molecule has 4 rings (SSSR count). The van der Waals surface area contributed by atoms with Crippen molar-refractivity contribution in [3.8, 4) is 0 Å². The Kier molecular flexibility index (Phi) is 8.77. The first-order valence-corrected chi connectivity index (χ1v) is 11.5. The normalized spacial score (nSPS) is 15.9. The molecule has 186 valence electrons. The first-order chi connectivity index (χ1) is 16.6. The van der Waals surface area contributed by atoms with Crippen LogP contribution in [-0.2, 0) is 27.3 Å². The van der Waals surface area contributed by atoms with Gasteiger partial charge < -0.3 is 20.6 Å². The molecule has 35 heavy (non-hydrogen) atoms. The van der Waals surface area contributed by atoms with Gasteiger partial charge >= 0.3 is 12.1 Å². The Balaban J connectivity index is 0.000000429. The van der Waals surface area contributed by atoms with E-state index in [2.05, 4.69) is 39.2 Å². The molecule has 0 radical (unpaired) electrons. The van der Waals surface area contributed by atoms with Gasteiger partial charge in [0.05, 0.1) is 6.54 Å². The molecule has 0 atom stereocenters. The summed E-state index contributed by atoms with van der Waals surface area (Å²) in [6.45, 7) is 2.25. The smallest absolute Gasteiger partial charge is 0.475 e. The Morgan fingerprint density at radius 2 is 2.06 bits per heavy atom. The number of pyridine rings is 1. The van der Waals surface area contributed by atoms with Crippen molar-refractivity contribution in [2.45, 2.75) is 25.6 Å². The number of alkyl halides is 3. The number of aliphatic carboxylic acids is 1. The van der Waals surface area contributed by atoms with Gasteiger partial charge in [-0.25, -0.2) is 9.78 Å². The standard InChI is InChI=1S/C21H22N4O2S.C2HF3O2/c26-19-14-22-13-17-10-16(12-23-21(17)24-19)3-4-20(27)25-7-5-15(6-8-25)11-18-2-1-9-28-18;3-2(4,5)1(6)7/h1-5,9-10,12,22H,6-8,11,13-14H2,(H,23,24,26);(H,6,7)/b4-3+;. The molecule has 2 aliphatic rings. The summed E-state index contributed by atoms with van der Waals surface area (Å²) >= 11 is 1.77. The van der Waals surface area contributed by atoms with E-state index in [1.54, 1.807) is 29.7 Å². The number of halogens is 3. The third kappa shape index (κ3) is 8.04. The minimum absolute atomic E-state index is 0.00722. The minimum Gasteiger partial charge on any atom is -0.475 e. The summed E-state index contributed by atoms with van der Waals surface area (Å²) in [5.41, 5.74) is 3.16. The number of anilines is 1. The van der Waals surface area contributed by atoms with Gasteiger partial charge in [0.25, 0.3) is 0 Å². The first kappa shape index (κ1) is 26.1. The second-order valence-corrected chi connectivity index (χ2v) is 8.75. The maximum atomic E-state index is 12.5. The largest absolute Gasteiger partial charge is 0.490 e. The van der Waals surface area contributed by atoms with Gasteiger partial charge in [-0.3, -0.25) is 9.59 Å². The lowest BCUT2D eigenvalue weighted by Crippen LogP contribution is -2.33. The van der Waals surface area contributed by atoms with Crippen LogP contribution in [0.25, 0.3) is 6.08 Å². The zero-order valence-corrected chi connectivity index (χ0v) is 19.3. The number of hydrogen-bond donors (Lipinski definition) is 3. The fourth-order valence-electron chi connectivity index (χ4n) is 3.34. The van der Waals surface area contributed by atoms with E-state index < -0.39 is 12.1 Å². The highest BCUT2D eigenvalue weighted by atomic mass is 32.1. The molecule has 8 nitrogen and oxygen atoms in total. The van der Waals surface area contributed by atoms with Crippen LogP contribution in [0.2, 0.25) is 0 Å². The van der Waals surface area contributed by atoms with Gasteiger partial charge in [-0.2, -0.15) is 13.2 Å². The van der Waals surface area contributed by atoms with Crippen molar-refractivity contribution in [1.29, 1.82) is 0 Å². The van der Waals surface area contributed by atoms with E-state index in [4.69, 9.17) is 9.90 Å². The SMILES string of the molecule is O=C(O)C(F)(F)F.O=C1CNCc2cc(/C=C/C(=O)N3CC=C(Cc4cccs4)CC3)cnc2N1. The number of carboxylic acids is 1. The number of nitrogens with zero attached hydrogens (tertiary/aromatic N) is 2. The average molecular weight is 509 g/mol. The number of hydrogen-bond acceptors (Lipinski definition) is 6. The predicted octanol–water partition coefficient (Wildman–Crippen LogP) is 3.23. The van der Waals surface area contributed by atoms with Crippen LogP contribution >= 0.6 is 11.3 Å². The number of aromatic nitrogens is 1. The van der Waals surface area contributed by atoms with E-state index in [0.717, 1.165) is 30.5 Å². The molecule has 2 amide bonds. The van der Waals surface area contributed by atoms with Crippen LogP contribution in [0.1, 0.15) is 22.4 Å². The third-order valence-electron chi connectivity index (χ3n) is 5.10. The van der Waals surface area contributed by atoms with Gasteiger partial charge in [-0.1, -0.05) is 17.7 Å². The average Bonchev–Trinajstić information content (AvgIpc) is 3.24. The number of amides is 2. The van der Waals surface area contributed by atoms with Gasteiger partial charge in [0.15, 0.2) is 0 Å². The van der Waals surface area contributed by atoms with Crippen molar-refractivity contribution in [2.75, 3.05) is 25.0 Å². The van der Waals surface area contributed by atoms with Crippen LogP contribution in [-0.4, -0.2) is 58.6 Å². The Hall–Kier alpha value is -3.51. The van der Waals surface area contributed by atoms with Crippen LogP contribution in [0.15, 0.2) is 47.5 Å². The van der Waals surface area contributed by atoms with Crippen LogP contribution in [0.4, 0.5) is 19.0 Å². The minimum atomic E-state index is -5.08. The van der Waals surface area contributed by atoms with Crippen molar-refractivity contribution < 1.29 is 32.7 Å². The zero-order chi connectivity index (χ0) is 25.4. The first-order valence-electron chi connectivity index (χ1n) is 10.6. The van der Waals surface area contributed by atoms with E-state index in [9.17, 15) is 22.8 Å². The number of thiophene rings is 1. The monoisotopic (exact) mass is 508 g/mol. The quantitative estimate of drug-likeness (QED) is 0.432. The van der Waals surface area contributed by atoms with Crippen LogP contribution < -0.4 is 10.6 Å². The molecule has 4 heterocycles. The molecule has 0 saturated carbocycles. The van der Waals surface area contributed by atoms with Crippen LogP contribution in [0.3, 0.4) is 0 Å². The lowest BCUT2D eigenvalue weighted by molar-refractivity contribution is -0.192. The molecule has 2 aliphatic heterocycles. The Labute approximate surface area is 203 Å². The summed E-state index contributed by atoms with van der Waals surface area (Å²) in [4.78, 5) is 40.5. The Morgan fingerprint density at radius 1 is 1.29 bits per heavy atom. The number of carboxylic acid groups (broad SMARTS) is 1. The third-order valence-corrected chi connectivity index (χ3v) is 5.98. The number of rotatable bonds is 4. The lowest BCUT2D eigenvalue weighted by Gasteiger charge is -2.25. The molecule has 0 spiro atoms. The van der Waals surface area contributed by atoms with Gasteiger partial charge in [-0.05, 0) is 35.6 Å². The van der Waals surface area contributed by atoms with E-state index in [1.807, 2.05) is 11.0 Å². The topological polar surface area (TPSA) is 112 Å². The molecule has 2 aromatic rings. The lowest BCUT2D eigenvalue weighted by atomic mass is 10.0. The summed E-state index contributed by atoms with van der Waals surface area (Å²) in [6.07, 6.45) is 4.05. The molecule has 0 aliphatic carbocycles. The number of carbonyl (C=O) groups excluding carboxylic acids is 2. The molecule has 0 fully saturated rings. The molecule has 12 heteroatoms. The molecule has 0 bridgehead atoms. The van der Waals surface area contributed by atoms with Crippen LogP contribution in [0, 0.1) is 0 Å². The highest BCUT2D eigenvalue weighted by Crippen LogP contribution is 2.20. The van der Waals surface area contributed by atoms with Crippen molar-refractivity contribution in [1.82, 2.24) is 15.2 Å². The van der Waals surface area contributed by atoms with Gasteiger partial charge in [0, 0.05) is 48.8 Å².